The van der Waals surface area contributed by atoms with Crippen molar-refractivity contribution >= 4 is 16.8 Å². The van der Waals surface area contributed by atoms with E-state index in [-0.39, 0.29) is 18.2 Å². The third-order valence-corrected chi connectivity index (χ3v) is 4.05. The average molecular weight is 322 g/mol. The van der Waals surface area contributed by atoms with Crippen LogP contribution in [-0.2, 0) is 0 Å². The third kappa shape index (κ3) is 2.20. The van der Waals surface area contributed by atoms with Crippen molar-refractivity contribution in [3.8, 4) is 22.6 Å². The summed E-state index contributed by atoms with van der Waals surface area (Å²) in [4.78, 5) is 26.5. The second kappa shape index (κ2) is 5.42. The van der Waals surface area contributed by atoms with Gasteiger partial charge in [0.25, 0.3) is 5.91 Å². The van der Waals surface area contributed by atoms with Gasteiger partial charge in [0.05, 0.1) is 12.7 Å². The molecule has 1 aromatic heterocycles. The Morgan fingerprint density at radius 2 is 1.96 bits per heavy atom. The van der Waals surface area contributed by atoms with Crippen molar-refractivity contribution in [1.29, 1.82) is 0 Å². The summed E-state index contributed by atoms with van der Waals surface area (Å²) in [6, 6.07) is 12.5. The van der Waals surface area contributed by atoms with Gasteiger partial charge in [0.2, 0.25) is 5.56 Å². The van der Waals surface area contributed by atoms with Crippen LogP contribution in [0.25, 0.3) is 22.0 Å². The first kappa shape index (κ1) is 14.3. The number of carbonyl (C=O) groups is 1. The van der Waals surface area contributed by atoms with E-state index in [0.717, 1.165) is 22.0 Å². The zero-order valence-corrected chi connectivity index (χ0v) is 12.9. The maximum absolute atomic E-state index is 12.4. The number of carbonyl (C=O) groups excluding carboxylic acids is 1. The van der Waals surface area contributed by atoms with Crippen molar-refractivity contribution in [2.45, 2.75) is 0 Å². The lowest BCUT2D eigenvalue weighted by Crippen LogP contribution is -2.33. The summed E-state index contributed by atoms with van der Waals surface area (Å²) in [5.74, 6) is 0.765. The molecule has 2 aromatic carbocycles. The number of pyridine rings is 1. The van der Waals surface area contributed by atoms with E-state index in [2.05, 4.69) is 10.3 Å². The lowest BCUT2D eigenvalue weighted by atomic mass is 9.96. The van der Waals surface area contributed by atoms with Gasteiger partial charge in [-0.2, -0.15) is 0 Å². The van der Waals surface area contributed by atoms with E-state index >= 15 is 0 Å². The summed E-state index contributed by atoms with van der Waals surface area (Å²) in [5, 5.41) is 3.56. The van der Waals surface area contributed by atoms with E-state index in [1.165, 1.54) is 13.2 Å². The number of benzene rings is 2. The number of rotatable bonds is 2. The molecule has 0 unspecified atom stereocenters. The second-order valence-corrected chi connectivity index (χ2v) is 5.44. The Morgan fingerprint density at radius 1 is 1.08 bits per heavy atom. The van der Waals surface area contributed by atoms with Crippen LogP contribution in [0.3, 0.4) is 0 Å². The number of amides is 1. The number of hydrogen-bond acceptors (Lipinski definition) is 4. The van der Waals surface area contributed by atoms with E-state index in [1.54, 1.807) is 12.1 Å². The highest BCUT2D eigenvalue weighted by Crippen LogP contribution is 2.39. The molecule has 0 bridgehead atoms. The maximum atomic E-state index is 12.4. The molecule has 6 nitrogen and oxygen atoms in total. The summed E-state index contributed by atoms with van der Waals surface area (Å²) in [6.45, 7) is 0.116. The monoisotopic (exact) mass is 322 g/mol. The van der Waals surface area contributed by atoms with Crippen LogP contribution in [0.15, 0.2) is 47.3 Å². The molecule has 0 fully saturated rings. The summed E-state index contributed by atoms with van der Waals surface area (Å²) in [7, 11) is 1.54. The fourth-order valence-corrected chi connectivity index (χ4v) is 2.92. The molecule has 2 N–H and O–H groups in total. The van der Waals surface area contributed by atoms with Crippen molar-refractivity contribution in [3.63, 3.8) is 0 Å². The van der Waals surface area contributed by atoms with Gasteiger partial charge in [-0.1, -0.05) is 6.07 Å². The van der Waals surface area contributed by atoms with Crippen molar-refractivity contribution in [2.75, 3.05) is 13.8 Å². The topological polar surface area (TPSA) is 80.4 Å². The largest absolute Gasteiger partial charge is 0.493 e. The molecular formula is C18H14N2O4. The minimum absolute atomic E-state index is 0.116. The number of fused-ring (bicyclic) bond motifs is 2. The SMILES string of the molecule is COc1ccc(-c2ccc3[nH]c(=O)ccc3c2)c2c1OCNC2=O. The molecule has 0 saturated carbocycles. The molecule has 6 heteroatoms. The van der Waals surface area contributed by atoms with Gasteiger partial charge in [0.1, 0.15) is 0 Å². The molecule has 0 radical (unpaired) electrons. The standard InChI is InChI=1S/C18H14N2O4/c1-23-14-6-4-12(16-17(14)24-9-19-18(16)22)10-2-5-13-11(8-10)3-7-15(21)20-13/h2-8H,9H2,1H3,(H,19,22)(H,20,21). The van der Waals surface area contributed by atoms with Gasteiger partial charge in [-0.25, -0.2) is 0 Å². The molecule has 3 aromatic rings. The quantitative estimate of drug-likeness (QED) is 0.758. The lowest BCUT2D eigenvalue weighted by Gasteiger charge is -2.22. The lowest BCUT2D eigenvalue weighted by molar-refractivity contribution is 0.0880. The van der Waals surface area contributed by atoms with Gasteiger partial charge in [-0.3, -0.25) is 9.59 Å². The van der Waals surface area contributed by atoms with Gasteiger partial charge in [0, 0.05) is 11.6 Å². The summed E-state index contributed by atoms with van der Waals surface area (Å²) < 4.78 is 10.9. The van der Waals surface area contributed by atoms with Gasteiger partial charge >= 0.3 is 0 Å². The molecule has 0 saturated heterocycles. The number of aromatic amines is 1. The van der Waals surface area contributed by atoms with Gasteiger partial charge < -0.3 is 19.8 Å². The Hall–Kier alpha value is -3.28. The van der Waals surface area contributed by atoms with Crippen LogP contribution in [0.1, 0.15) is 10.4 Å². The van der Waals surface area contributed by atoms with Gasteiger partial charge in [-0.05, 0) is 46.8 Å². The van der Waals surface area contributed by atoms with Crippen LogP contribution in [0.5, 0.6) is 11.5 Å². The van der Waals surface area contributed by atoms with Crippen LogP contribution in [0, 0.1) is 0 Å². The number of hydrogen-bond donors (Lipinski definition) is 2. The fraction of sp³-hybridized carbons (Fsp3) is 0.111. The summed E-state index contributed by atoms with van der Waals surface area (Å²) in [5.41, 5.74) is 2.65. The molecule has 24 heavy (non-hydrogen) atoms. The Balaban J connectivity index is 1.95. The molecule has 1 amide bonds. The highest BCUT2D eigenvalue weighted by molar-refractivity contribution is 6.05. The Labute approximate surface area is 137 Å². The van der Waals surface area contributed by atoms with Crippen molar-refractivity contribution in [1.82, 2.24) is 10.3 Å². The minimum atomic E-state index is -0.202. The zero-order valence-electron chi connectivity index (χ0n) is 12.9. The number of methoxy groups -OCH3 is 1. The molecule has 2 heterocycles. The highest BCUT2D eigenvalue weighted by atomic mass is 16.5. The zero-order chi connectivity index (χ0) is 16.7. The first-order valence-electron chi connectivity index (χ1n) is 7.43. The van der Waals surface area contributed by atoms with E-state index in [0.29, 0.717) is 17.1 Å². The second-order valence-electron chi connectivity index (χ2n) is 5.44. The number of nitrogens with one attached hydrogen (secondary N) is 2. The van der Waals surface area contributed by atoms with Crippen molar-refractivity contribution < 1.29 is 14.3 Å². The first-order valence-corrected chi connectivity index (χ1v) is 7.43. The van der Waals surface area contributed by atoms with E-state index < -0.39 is 0 Å². The number of aromatic nitrogens is 1. The molecule has 0 aliphatic carbocycles. The minimum Gasteiger partial charge on any atom is -0.493 e. The van der Waals surface area contributed by atoms with Crippen LogP contribution in [0.4, 0.5) is 0 Å². The molecule has 4 rings (SSSR count). The smallest absolute Gasteiger partial charge is 0.258 e. The average Bonchev–Trinajstić information content (AvgIpc) is 2.60. The Morgan fingerprint density at radius 3 is 2.79 bits per heavy atom. The Kier molecular flexibility index (Phi) is 3.23. The normalized spacial score (nSPS) is 13.1. The fourth-order valence-electron chi connectivity index (χ4n) is 2.92. The molecule has 1 aliphatic rings. The number of H-pyrrole nitrogens is 1. The highest BCUT2D eigenvalue weighted by Gasteiger charge is 2.26. The molecule has 0 spiro atoms. The summed E-state index contributed by atoms with van der Waals surface area (Å²) in [6.07, 6.45) is 0. The van der Waals surface area contributed by atoms with Crippen molar-refractivity contribution in [3.05, 3.63) is 58.4 Å². The van der Waals surface area contributed by atoms with Crippen LogP contribution in [0.2, 0.25) is 0 Å². The maximum Gasteiger partial charge on any atom is 0.258 e. The van der Waals surface area contributed by atoms with Crippen LogP contribution in [-0.4, -0.2) is 24.7 Å². The Bertz CT molecular complexity index is 1020. The summed E-state index contributed by atoms with van der Waals surface area (Å²) >= 11 is 0. The van der Waals surface area contributed by atoms with Gasteiger partial charge in [-0.15, -0.1) is 0 Å². The number of ether oxygens (including phenoxy) is 2. The van der Waals surface area contributed by atoms with Crippen LogP contribution < -0.4 is 20.3 Å². The molecule has 1 aliphatic heterocycles. The van der Waals surface area contributed by atoms with E-state index in [1.807, 2.05) is 24.3 Å². The predicted octanol–water partition coefficient (Wildman–Crippen LogP) is 2.28. The molecular weight excluding hydrogens is 308 g/mol. The molecule has 0 atom stereocenters. The van der Waals surface area contributed by atoms with Crippen LogP contribution >= 0.6 is 0 Å². The van der Waals surface area contributed by atoms with E-state index in [9.17, 15) is 9.59 Å². The predicted molar refractivity (Wildman–Crippen MR) is 89.5 cm³/mol. The van der Waals surface area contributed by atoms with Crippen molar-refractivity contribution in [2.24, 2.45) is 0 Å². The van der Waals surface area contributed by atoms with Gasteiger partial charge in [0.15, 0.2) is 18.2 Å². The first-order chi connectivity index (χ1) is 11.7. The molecule has 120 valence electrons. The third-order valence-electron chi connectivity index (χ3n) is 4.05. The van der Waals surface area contributed by atoms with E-state index in [4.69, 9.17) is 9.47 Å².